The van der Waals surface area contributed by atoms with Crippen LogP contribution in [0.25, 0.3) is 0 Å². The lowest BCUT2D eigenvalue weighted by Gasteiger charge is -2.32. The average Bonchev–Trinajstić information content (AvgIpc) is 2.47. The predicted molar refractivity (Wildman–Crippen MR) is 73.0 cm³/mol. The monoisotopic (exact) mass is 277 g/mol. The van der Waals surface area contributed by atoms with E-state index in [0.29, 0.717) is 31.5 Å². The maximum atomic E-state index is 12.2. The van der Waals surface area contributed by atoms with E-state index in [1.165, 1.54) is 0 Å². The van der Waals surface area contributed by atoms with Crippen molar-refractivity contribution in [2.45, 2.75) is 25.4 Å². The van der Waals surface area contributed by atoms with E-state index in [-0.39, 0.29) is 18.2 Å². The van der Waals surface area contributed by atoms with Crippen molar-refractivity contribution >= 4 is 11.9 Å². The molecule has 1 aliphatic rings. The molecule has 1 heterocycles. The molecular formula is C15H19NO4. The molecule has 0 aliphatic carbocycles. The number of amides is 1. The summed E-state index contributed by atoms with van der Waals surface area (Å²) >= 11 is 0. The lowest BCUT2D eigenvalue weighted by Crippen LogP contribution is -2.41. The number of hydrogen-bond acceptors (Lipinski definition) is 3. The maximum absolute atomic E-state index is 12.2. The molecule has 2 rings (SSSR count). The second kappa shape index (κ2) is 6.52. The predicted octanol–water partition coefficient (Wildman–Crippen LogP) is 1.43. The number of carbonyl (C=O) groups excluding carboxylic acids is 1. The Morgan fingerprint density at radius 2 is 1.80 bits per heavy atom. The standard InChI is InChI=1S/C15H19NO4/c17-13(18)10-11-6-8-16(9-7-11)15(20)14(19)12-4-2-1-3-5-12/h1-5,11,14,19H,6-10H2,(H,17,18). The van der Waals surface area contributed by atoms with E-state index >= 15 is 0 Å². The Morgan fingerprint density at radius 1 is 1.20 bits per heavy atom. The summed E-state index contributed by atoms with van der Waals surface area (Å²) in [7, 11) is 0. The van der Waals surface area contributed by atoms with Crippen molar-refractivity contribution in [1.82, 2.24) is 4.90 Å². The molecule has 1 aromatic rings. The average molecular weight is 277 g/mol. The van der Waals surface area contributed by atoms with Crippen molar-refractivity contribution in [3.8, 4) is 0 Å². The number of piperidine rings is 1. The topological polar surface area (TPSA) is 77.8 Å². The lowest BCUT2D eigenvalue weighted by molar-refractivity contribution is -0.142. The number of likely N-dealkylation sites (tertiary alicyclic amines) is 1. The Kier molecular flexibility index (Phi) is 4.74. The van der Waals surface area contributed by atoms with Crippen LogP contribution in [0.2, 0.25) is 0 Å². The van der Waals surface area contributed by atoms with Crippen molar-refractivity contribution in [3.63, 3.8) is 0 Å². The van der Waals surface area contributed by atoms with Gasteiger partial charge in [-0.3, -0.25) is 9.59 Å². The molecule has 0 saturated carbocycles. The molecule has 0 spiro atoms. The zero-order valence-electron chi connectivity index (χ0n) is 11.2. The van der Waals surface area contributed by atoms with E-state index in [4.69, 9.17) is 5.11 Å². The SMILES string of the molecule is O=C(O)CC1CCN(C(=O)C(O)c2ccccc2)CC1. The fourth-order valence-electron chi connectivity index (χ4n) is 2.56. The summed E-state index contributed by atoms with van der Waals surface area (Å²) in [5, 5.41) is 18.8. The second-order valence-electron chi connectivity index (χ2n) is 5.18. The number of nitrogens with zero attached hydrogens (tertiary/aromatic N) is 1. The molecule has 5 heteroatoms. The van der Waals surface area contributed by atoms with Crippen LogP contribution in [-0.4, -0.2) is 40.1 Å². The third-order valence-electron chi connectivity index (χ3n) is 3.74. The molecule has 1 aromatic carbocycles. The quantitative estimate of drug-likeness (QED) is 0.872. The van der Waals surface area contributed by atoms with Gasteiger partial charge in [-0.1, -0.05) is 30.3 Å². The fraction of sp³-hybridized carbons (Fsp3) is 0.467. The molecule has 0 aromatic heterocycles. The van der Waals surface area contributed by atoms with E-state index in [1.54, 1.807) is 29.2 Å². The summed E-state index contributed by atoms with van der Waals surface area (Å²) in [4.78, 5) is 24.5. The summed E-state index contributed by atoms with van der Waals surface area (Å²) < 4.78 is 0. The summed E-state index contributed by atoms with van der Waals surface area (Å²) in [5.74, 6) is -0.963. The van der Waals surface area contributed by atoms with Crippen LogP contribution in [0.5, 0.6) is 0 Å². The Labute approximate surface area is 117 Å². The number of rotatable bonds is 4. The highest BCUT2D eigenvalue weighted by Gasteiger charge is 2.28. The molecule has 1 atom stereocenters. The summed E-state index contributed by atoms with van der Waals surface area (Å²) in [6.45, 7) is 1.03. The first-order valence-corrected chi connectivity index (χ1v) is 6.81. The summed E-state index contributed by atoms with van der Waals surface area (Å²) in [6.07, 6.45) is 0.384. The summed E-state index contributed by atoms with van der Waals surface area (Å²) in [5.41, 5.74) is 0.588. The zero-order valence-corrected chi connectivity index (χ0v) is 11.2. The number of benzene rings is 1. The number of carboxylic acid groups (broad SMARTS) is 1. The van der Waals surface area contributed by atoms with Crippen molar-refractivity contribution in [1.29, 1.82) is 0 Å². The molecule has 20 heavy (non-hydrogen) atoms. The van der Waals surface area contributed by atoms with Gasteiger partial charge < -0.3 is 15.1 Å². The molecule has 2 N–H and O–H groups in total. The van der Waals surface area contributed by atoms with Crippen molar-refractivity contribution in [2.75, 3.05) is 13.1 Å². The highest BCUT2D eigenvalue weighted by atomic mass is 16.4. The molecule has 0 radical (unpaired) electrons. The van der Waals surface area contributed by atoms with Crippen LogP contribution in [-0.2, 0) is 9.59 Å². The van der Waals surface area contributed by atoms with Gasteiger partial charge in [-0.2, -0.15) is 0 Å². The van der Waals surface area contributed by atoms with E-state index in [2.05, 4.69) is 0 Å². The number of aliphatic hydroxyl groups excluding tert-OH is 1. The molecule has 0 bridgehead atoms. The van der Waals surface area contributed by atoms with Crippen molar-refractivity contribution in [3.05, 3.63) is 35.9 Å². The Morgan fingerprint density at radius 3 is 2.35 bits per heavy atom. The van der Waals surface area contributed by atoms with Crippen molar-refractivity contribution in [2.24, 2.45) is 5.92 Å². The van der Waals surface area contributed by atoms with Crippen LogP contribution in [0.1, 0.15) is 30.9 Å². The van der Waals surface area contributed by atoms with Crippen LogP contribution in [0.4, 0.5) is 0 Å². The first-order chi connectivity index (χ1) is 9.58. The van der Waals surface area contributed by atoms with Gasteiger partial charge in [-0.25, -0.2) is 0 Å². The van der Waals surface area contributed by atoms with Crippen molar-refractivity contribution < 1.29 is 19.8 Å². The zero-order chi connectivity index (χ0) is 14.5. The molecule has 1 aliphatic heterocycles. The third-order valence-corrected chi connectivity index (χ3v) is 3.74. The number of aliphatic carboxylic acids is 1. The third kappa shape index (κ3) is 3.57. The van der Waals surface area contributed by atoms with E-state index < -0.39 is 12.1 Å². The normalized spacial score (nSPS) is 17.8. The smallest absolute Gasteiger partial charge is 0.303 e. The van der Waals surface area contributed by atoms with Crippen LogP contribution in [0.15, 0.2) is 30.3 Å². The minimum atomic E-state index is -1.13. The van der Waals surface area contributed by atoms with Gasteiger partial charge in [0.15, 0.2) is 6.10 Å². The van der Waals surface area contributed by atoms with Gasteiger partial charge >= 0.3 is 5.97 Å². The first kappa shape index (κ1) is 14.5. The molecule has 1 saturated heterocycles. The van der Waals surface area contributed by atoms with Crippen LogP contribution >= 0.6 is 0 Å². The van der Waals surface area contributed by atoms with E-state index in [9.17, 15) is 14.7 Å². The van der Waals surface area contributed by atoms with Gasteiger partial charge in [0.2, 0.25) is 0 Å². The molecule has 1 fully saturated rings. The molecular weight excluding hydrogens is 258 g/mol. The largest absolute Gasteiger partial charge is 0.481 e. The van der Waals surface area contributed by atoms with Gasteiger partial charge in [0, 0.05) is 19.5 Å². The highest BCUT2D eigenvalue weighted by Crippen LogP contribution is 2.23. The lowest BCUT2D eigenvalue weighted by atomic mass is 9.93. The van der Waals surface area contributed by atoms with Gasteiger partial charge in [-0.15, -0.1) is 0 Å². The first-order valence-electron chi connectivity index (χ1n) is 6.81. The van der Waals surface area contributed by atoms with Gasteiger partial charge in [0.25, 0.3) is 5.91 Å². The Bertz CT molecular complexity index is 466. The van der Waals surface area contributed by atoms with Gasteiger partial charge in [-0.05, 0) is 24.3 Å². The maximum Gasteiger partial charge on any atom is 0.303 e. The summed E-state index contributed by atoms with van der Waals surface area (Å²) in [6, 6.07) is 8.84. The van der Waals surface area contributed by atoms with E-state index in [0.717, 1.165) is 0 Å². The van der Waals surface area contributed by atoms with Crippen LogP contribution in [0, 0.1) is 5.92 Å². The number of hydrogen-bond donors (Lipinski definition) is 2. The Hall–Kier alpha value is -1.88. The van der Waals surface area contributed by atoms with E-state index in [1.807, 2.05) is 6.07 Å². The van der Waals surface area contributed by atoms with Gasteiger partial charge in [0.05, 0.1) is 0 Å². The molecule has 108 valence electrons. The Balaban J connectivity index is 1.90. The number of carboxylic acids is 1. The number of carbonyl (C=O) groups is 2. The number of aliphatic hydroxyl groups is 1. The minimum Gasteiger partial charge on any atom is -0.481 e. The van der Waals surface area contributed by atoms with Crippen LogP contribution in [0.3, 0.4) is 0 Å². The minimum absolute atomic E-state index is 0.130. The highest BCUT2D eigenvalue weighted by molar-refractivity contribution is 5.82. The van der Waals surface area contributed by atoms with Gasteiger partial charge in [0.1, 0.15) is 0 Å². The fourth-order valence-corrected chi connectivity index (χ4v) is 2.56. The molecule has 1 unspecified atom stereocenters. The molecule has 5 nitrogen and oxygen atoms in total. The molecule has 1 amide bonds. The van der Waals surface area contributed by atoms with Crippen LogP contribution < -0.4 is 0 Å². The second-order valence-corrected chi connectivity index (χ2v) is 5.18.